The molecule has 0 saturated heterocycles. The van der Waals surface area contributed by atoms with Gasteiger partial charge in [0.05, 0.1) is 19.8 Å². The van der Waals surface area contributed by atoms with Crippen LogP contribution in [0.1, 0.15) is 30.6 Å². The smallest absolute Gasteiger partial charge is 0.257 e. The fourth-order valence-corrected chi connectivity index (χ4v) is 2.08. The summed E-state index contributed by atoms with van der Waals surface area (Å²) in [6.45, 7) is 4.60. The highest BCUT2D eigenvalue weighted by atomic mass is 35.5. The van der Waals surface area contributed by atoms with Crippen LogP contribution in [0.4, 0.5) is 0 Å². The number of ether oxygens (including phenoxy) is 2. The van der Waals surface area contributed by atoms with Gasteiger partial charge in [0.15, 0.2) is 0 Å². The second-order valence-electron chi connectivity index (χ2n) is 4.70. The van der Waals surface area contributed by atoms with E-state index in [9.17, 15) is 4.79 Å². The SMILES string of the molecule is COc1ccc(OC)c(C(=O)N(CCCCl)C(C)C)c1. The normalized spacial score (nSPS) is 10.5. The summed E-state index contributed by atoms with van der Waals surface area (Å²) in [5.74, 6) is 1.65. The van der Waals surface area contributed by atoms with Crippen molar-refractivity contribution in [3.63, 3.8) is 0 Å². The van der Waals surface area contributed by atoms with Gasteiger partial charge in [0.25, 0.3) is 5.91 Å². The Morgan fingerprint density at radius 1 is 1.30 bits per heavy atom. The maximum absolute atomic E-state index is 12.7. The molecule has 0 bridgehead atoms. The molecular formula is C15H22ClNO3. The highest BCUT2D eigenvalue weighted by molar-refractivity contribution is 6.17. The highest BCUT2D eigenvalue weighted by Gasteiger charge is 2.22. The van der Waals surface area contributed by atoms with E-state index in [0.29, 0.717) is 29.5 Å². The highest BCUT2D eigenvalue weighted by Crippen LogP contribution is 2.26. The molecule has 0 aliphatic heterocycles. The second kappa shape index (κ2) is 8.00. The van der Waals surface area contributed by atoms with Crippen LogP contribution in [0.15, 0.2) is 18.2 Å². The molecule has 1 rings (SSSR count). The fraction of sp³-hybridized carbons (Fsp3) is 0.533. The molecule has 0 aliphatic carbocycles. The lowest BCUT2D eigenvalue weighted by molar-refractivity contribution is 0.0702. The first-order valence-electron chi connectivity index (χ1n) is 6.64. The van der Waals surface area contributed by atoms with Gasteiger partial charge in [0, 0.05) is 18.5 Å². The number of rotatable bonds is 7. The van der Waals surface area contributed by atoms with Crippen LogP contribution in [-0.2, 0) is 0 Å². The summed E-state index contributed by atoms with van der Waals surface area (Å²) in [5.41, 5.74) is 0.509. The van der Waals surface area contributed by atoms with Crippen molar-refractivity contribution in [3.8, 4) is 11.5 Å². The van der Waals surface area contributed by atoms with Gasteiger partial charge in [0.2, 0.25) is 0 Å². The molecule has 1 aromatic carbocycles. The second-order valence-corrected chi connectivity index (χ2v) is 5.08. The van der Waals surface area contributed by atoms with Crippen molar-refractivity contribution in [1.29, 1.82) is 0 Å². The lowest BCUT2D eigenvalue weighted by Gasteiger charge is -2.27. The predicted octanol–water partition coefficient (Wildman–Crippen LogP) is 3.18. The molecule has 0 aliphatic rings. The van der Waals surface area contributed by atoms with Gasteiger partial charge in [0.1, 0.15) is 11.5 Å². The molecule has 0 spiro atoms. The third-order valence-corrected chi connectivity index (χ3v) is 3.32. The van der Waals surface area contributed by atoms with E-state index in [0.717, 1.165) is 6.42 Å². The average Bonchev–Trinajstić information content (AvgIpc) is 2.46. The Kier molecular flexibility index (Phi) is 6.65. The molecule has 4 nitrogen and oxygen atoms in total. The van der Waals surface area contributed by atoms with Gasteiger partial charge < -0.3 is 14.4 Å². The molecule has 0 N–H and O–H groups in total. The van der Waals surface area contributed by atoms with Crippen LogP contribution in [0, 0.1) is 0 Å². The van der Waals surface area contributed by atoms with E-state index < -0.39 is 0 Å². The number of benzene rings is 1. The van der Waals surface area contributed by atoms with Crippen molar-refractivity contribution in [2.24, 2.45) is 0 Å². The van der Waals surface area contributed by atoms with Crippen molar-refractivity contribution < 1.29 is 14.3 Å². The lowest BCUT2D eigenvalue weighted by Crippen LogP contribution is -2.38. The minimum absolute atomic E-state index is 0.0686. The number of hydrogen-bond donors (Lipinski definition) is 0. The molecule has 1 amide bonds. The van der Waals surface area contributed by atoms with Gasteiger partial charge in [-0.1, -0.05) is 0 Å². The first-order valence-corrected chi connectivity index (χ1v) is 7.17. The molecule has 0 unspecified atom stereocenters. The van der Waals surface area contributed by atoms with Crippen LogP contribution in [-0.4, -0.2) is 43.5 Å². The maximum Gasteiger partial charge on any atom is 0.257 e. The Balaban J connectivity index is 3.09. The molecule has 0 atom stereocenters. The van der Waals surface area contributed by atoms with Gasteiger partial charge in [-0.3, -0.25) is 4.79 Å². The topological polar surface area (TPSA) is 38.8 Å². The Morgan fingerprint density at radius 3 is 2.50 bits per heavy atom. The Bertz CT molecular complexity index is 449. The molecule has 0 radical (unpaired) electrons. The minimum Gasteiger partial charge on any atom is -0.497 e. The fourth-order valence-electron chi connectivity index (χ4n) is 1.96. The summed E-state index contributed by atoms with van der Waals surface area (Å²) in [6, 6.07) is 5.32. The van der Waals surface area contributed by atoms with Crippen LogP contribution < -0.4 is 9.47 Å². The monoisotopic (exact) mass is 299 g/mol. The molecule has 0 saturated carbocycles. The van der Waals surface area contributed by atoms with E-state index in [1.54, 1.807) is 37.3 Å². The summed E-state index contributed by atoms with van der Waals surface area (Å²) < 4.78 is 10.4. The zero-order valence-corrected chi connectivity index (χ0v) is 13.2. The Labute approximate surface area is 125 Å². The minimum atomic E-state index is -0.0686. The predicted molar refractivity (Wildman–Crippen MR) is 81.1 cm³/mol. The van der Waals surface area contributed by atoms with Gasteiger partial charge >= 0.3 is 0 Å². The van der Waals surface area contributed by atoms with Crippen molar-refractivity contribution in [2.75, 3.05) is 26.6 Å². The lowest BCUT2D eigenvalue weighted by atomic mass is 10.1. The molecule has 20 heavy (non-hydrogen) atoms. The molecule has 1 aromatic rings. The first-order chi connectivity index (χ1) is 9.54. The zero-order chi connectivity index (χ0) is 15.1. The molecule has 5 heteroatoms. The van der Waals surface area contributed by atoms with Crippen LogP contribution in [0.5, 0.6) is 11.5 Å². The number of hydrogen-bond acceptors (Lipinski definition) is 3. The summed E-state index contributed by atoms with van der Waals surface area (Å²) >= 11 is 5.72. The largest absolute Gasteiger partial charge is 0.497 e. The number of amides is 1. The number of halogens is 1. The van der Waals surface area contributed by atoms with Gasteiger partial charge in [-0.25, -0.2) is 0 Å². The third-order valence-electron chi connectivity index (χ3n) is 3.05. The third kappa shape index (κ3) is 4.04. The Hall–Kier alpha value is -1.42. The average molecular weight is 300 g/mol. The first kappa shape index (κ1) is 16.6. The Morgan fingerprint density at radius 2 is 2.00 bits per heavy atom. The number of methoxy groups -OCH3 is 2. The number of carbonyl (C=O) groups is 1. The van der Waals surface area contributed by atoms with Crippen molar-refractivity contribution in [1.82, 2.24) is 4.90 Å². The molecule has 112 valence electrons. The van der Waals surface area contributed by atoms with Crippen molar-refractivity contribution in [2.45, 2.75) is 26.3 Å². The van der Waals surface area contributed by atoms with E-state index in [-0.39, 0.29) is 11.9 Å². The van der Waals surface area contributed by atoms with Crippen LogP contribution in [0.3, 0.4) is 0 Å². The van der Waals surface area contributed by atoms with Crippen LogP contribution >= 0.6 is 11.6 Å². The number of alkyl halides is 1. The van der Waals surface area contributed by atoms with Gasteiger partial charge in [-0.05, 0) is 38.5 Å². The number of carbonyl (C=O) groups excluding carboxylic acids is 1. The number of nitrogens with zero attached hydrogens (tertiary/aromatic N) is 1. The summed E-state index contributed by atoms with van der Waals surface area (Å²) in [6.07, 6.45) is 0.762. The molecule has 0 fully saturated rings. The van der Waals surface area contributed by atoms with Crippen molar-refractivity contribution >= 4 is 17.5 Å². The van der Waals surface area contributed by atoms with E-state index in [1.807, 2.05) is 13.8 Å². The quantitative estimate of drug-likeness (QED) is 0.726. The van der Waals surface area contributed by atoms with Crippen LogP contribution in [0.2, 0.25) is 0 Å². The van der Waals surface area contributed by atoms with E-state index in [1.165, 1.54) is 0 Å². The van der Waals surface area contributed by atoms with E-state index >= 15 is 0 Å². The van der Waals surface area contributed by atoms with Crippen LogP contribution in [0.25, 0.3) is 0 Å². The van der Waals surface area contributed by atoms with Gasteiger partial charge in [-0.2, -0.15) is 0 Å². The zero-order valence-electron chi connectivity index (χ0n) is 12.5. The van der Waals surface area contributed by atoms with E-state index in [4.69, 9.17) is 21.1 Å². The standard InChI is InChI=1S/C15H22ClNO3/c1-11(2)17(9-5-8-16)15(18)13-10-12(19-3)6-7-14(13)20-4/h6-7,10-11H,5,8-9H2,1-4H3. The summed E-state index contributed by atoms with van der Waals surface area (Å²) in [5, 5.41) is 0. The maximum atomic E-state index is 12.7. The van der Waals surface area contributed by atoms with E-state index in [2.05, 4.69) is 0 Å². The van der Waals surface area contributed by atoms with Crippen molar-refractivity contribution in [3.05, 3.63) is 23.8 Å². The molecule has 0 aromatic heterocycles. The molecule has 0 heterocycles. The molecular weight excluding hydrogens is 278 g/mol. The summed E-state index contributed by atoms with van der Waals surface area (Å²) in [7, 11) is 3.13. The van der Waals surface area contributed by atoms with Gasteiger partial charge in [-0.15, -0.1) is 11.6 Å². The summed E-state index contributed by atoms with van der Waals surface area (Å²) in [4.78, 5) is 14.5.